The monoisotopic (exact) mass is 248 g/mol. The number of anilines is 1. The van der Waals surface area contributed by atoms with Gasteiger partial charge in [0.2, 0.25) is 5.91 Å². The zero-order valence-corrected chi connectivity index (χ0v) is 9.27. The predicted molar refractivity (Wildman–Crippen MR) is 59.5 cm³/mol. The molecule has 0 aromatic heterocycles. The Hall–Kier alpha value is -0.970. The molecule has 0 fully saturated rings. The molecule has 1 amide bonds. The lowest BCUT2D eigenvalue weighted by Crippen LogP contribution is -2.21. The van der Waals surface area contributed by atoms with Gasteiger partial charge in [0.05, 0.1) is 15.7 Å². The van der Waals surface area contributed by atoms with Crippen LogP contribution in [0.15, 0.2) is 18.2 Å². The van der Waals surface area contributed by atoms with E-state index in [4.69, 9.17) is 28.4 Å². The van der Waals surface area contributed by atoms with E-state index in [9.17, 15) is 4.79 Å². The number of amides is 1. The van der Waals surface area contributed by atoms with Gasteiger partial charge >= 0.3 is 0 Å². The van der Waals surface area contributed by atoms with Gasteiger partial charge in [0, 0.05) is 13.0 Å². The summed E-state index contributed by atoms with van der Waals surface area (Å²) in [6, 6.07) is 5.18. The Kier molecular flexibility index (Phi) is 4.68. The number of hydrogen-bond donors (Lipinski definition) is 3. The molecule has 0 aliphatic heterocycles. The largest absolute Gasteiger partial charge is 0.383 e. The smallest absolute Gasteiger partial charge is 0.245 e. The Morgan fingerprint density at radius 2 is 2.13 bits per heavy atom. The molecule has 6 heteroatoms. The van der Waals surface area contributed by atoms with Crippen LogP contribution >= 0.6 is 23.2 Å². The fourth-order valence-corrected chi connectivity index (χ4v) is 1.37. The van der Waals surface area contributed by atoms with E-state index in [-0.39, 0.29) is 6.42 Å². The standard InChI is InChI=1S/C9H10Cl2N2O2/c10-6-2-1-3-7(9(6)11)12-5-4-8(14)13-15/h1-3,12,15H,4-5H2,(H,13,14). The highest BCUT2D eigenvalue weighted by Gasteiger charge is 2.04. The van der Waals surface area contributed by atoms with Gasteiger partial charge in [0.25, 0.3) is 0 Å². The molecular weight excluding hydrogens is 239 g/mol. The number of hydrogen-bond acceptors (Lipinski definition) is 3. The topological polar surface area (TPSA) is 61.4 Å². The minimum absolute atomic E-state index is 0.152. The molecule has 82 valence electrons. The molecule has 4 nitrogen and oxygen atoms in total. The van der Waals surface area contributed by atoms with Crippen LogP contribution in [0.25, 0.3) is 0 Å². The third-order valence-corrected chi connectivity index (χ3v) is 2.56. The van der Waals surface area contributed by atoms with Gasteiger partial charge in [-0.3, -0.25) is 10.0 Å². The summed E-state index contributed by atoms with van der Waals surface area (Å²) in [6.45, 7) is 0.368. The van der Waals surface area contributed by atoms with Gasteiger partial charge in [-0.1, -0.05) is 29.3 Å². The zero-order valence-electron chi connectivity index (χ0n) is 7.76. The Morgan fingerprint density at radius 1 is 1.40 bits per heavy atom. The number of benzene rings is 1. The van der Waals surface area contributed by atoms with E-state index in [1.807, 2.05) is 0 Å². The summed E-state index contributed by atoms with van der Waals surface area (Å²) in [5.41, 5.74) is 2.20. The molecule has 0 spiro atoms. The third-order valence-electron chi connectivity index (χ3n) is 1.74. The number of carbonyl (C=O) groups is 1. The molecule has 3 N–H and O–H groups in total. The maximum atomic E-state index is 10.7. The molecule has 0 bridgehead atoms. The summed E-state index contributed by atoms with van der Waals surface area (Å²) in [4.78, 5) is 10.7. The van der Waals surface area contributed by atoms with Crippen molar-refractivity contribution in [1.29, 1.82) is 0 Å². The highest BCUT2D eigenvalue weighted by molar-refractivity contribution is 6.43. The molecule has 0 unspecified atom stereocenters. The molecule has 0 radical (unpaired) electrons. The van der Waals surface area contributed by atoms with Gasteiger partial charge in [-0.25, -0.2) is 5.48 Å². The van der Waals surface area contributed by atoms with Crippen molar-refractivity contribution in [3.8, 4) is 0 Å². The summed E-state index contributed by atoms with van der Waals surface area (Å²) in [7, 11) is 0. The van der Waals surface area contributed by atoms with Crippen LogP contribution in [0.4, 0.5) is 5.69 Å². The zero-order chi connectivity index (χ0) is 11.3. The van der Waals surface area contributed by atoms with Crippen LogP contribution in [0.2, 0.25) is 10.0 Å². The Bertz CT molecular complexity index is 358. The lowest BCUT2D eigenvalue weighted by atomic mass is 10.3. The first-order valence-electron chi connectivity index (χ1n) is 4.26. The van der Waals surface area contributed by atoms with Crippen LogP contribution in [0.1, 0.15) is 6.42 Å². The van der Waals surface area contributed by atoms with E-state index in [1.54, 1.807) is 18.2 Å². The molecule has 15 heavy (non-hydrogen) atoms. The highest BCUT2D eigenvalue weighted by Crippen LogP contribution is 2.29. The molecule has 0 atom stereocenters. The molecule has 0 heterocycles. The van der Waals surface area contributed by atoms with Crippen molar-refractivity contribution in [2.45, 2.75) is 6.42 Å². The molecule has 0 aliphatic rings. The van der Waals surface area contributed by atoms with Crippen LogP contribution in [0.3, 0.4) is 0 Å². The summed E-state index contributed by atoms with van der Waals surface area (Å²) in [5.74, 6) is -0.458. The molecular formula is C9H10Cl2N2O2. The molecule has 0 aliphatic carbocycles. The third kappa shape index (κ3) is 3.58. The number of halogens is 2. The van der Waals surface area contributed by atoms with Crippen LogP contribution in [-0.4, -0.2) is 17.7 Å². The van der Waals surface area contributed by atoms with Crippen LogP contribution < -0.4 is 10.8 Å². The Morgan fingerprint density at radius 3 is 2.80 bits per heavy atom. The molecule has 0 saturated carbocycles. The van der Waals surface area contributed by atoms with E-state index >= 15 is 0 Å². The second kappa shape index (κ2) is 5.80. The normalized spacial score (nSPS) is 9.80. The fourth-order valence-electron chi connectivity index (χ4n) is 1.01. The van der Waals surface area contributed by atoms with Gasteiger partial charge in [-0.05, 0) is 12.1 Å². The van der Waals surface area contributed by atoms with Gasteiger partial charge in [0.15, 0.2) is 0 Å². The Balaban J connectivity index is 2.51. The van der Waals surface area contributed by atoms with Crippen molar-refractivity contribution in [2.24, 2.45) is 0 Å². The van der Waals surface area contributed by atoms with Crippen LogP contribution in [0, 0.1) is 0 Å². The number of nitrogens with one attached hydrogen (secondary N) is 2. The Labute approximate surface area is 97.1 Å². The van der Waals surface area contributed by atoms with E-state index in [0.717, 1.165) is 0 Å². The van der Waals surface area contributed by atoms with Gasteiger partial charge in [0.1, 0.15) is 0 Å². The number of rotatable bonds is 4. The lowest BCUT2D eigenvalue weighted by Gasteiger charge is -2.08. The number of carbonyl (C=O) groups excluding carboxylic acids is 1. The van der Waals surface area contributed by atoms with Crippen molar-refractivity contribution < 1.29 is 10.0 Å². The second-order valence-electron chi connectivity index (χ2n) is 2.81. The van der Waals surface area contributed by atoms with Crippen molar-refractivity contribution >= 4 is 34.8 Å². The first-order chi connectivity index (χ1) is 7.15. The van der Waals surface area contributed by atoms with E-state index < -0.39 is 5.91 Å². The average Bonchev–Trinajstić information content (AvgIpc) is 2.24. The van der Waals surface area contributed by atoms with Gasteiger partial charge < -0.3 is 5.32 Å². The van der Waals surface area contributed by atoms with Gasteiger partial charge in [-0.2, -0.15) is 0 Å². The maximum Gasteiger partial charge on any atom is 0.245 e. The molecule has 1 aromatic rings. The minimum Gasteiger partial charge on any atom is -0.383 e. The van der Waals surface area contributed by atoms with E-state index in [2.05, 4.69) is 5.32 Å². The number of hydroxylamine groups is 1. The summed E-state index contributed by atoms with van der Waals surface area (Å²) >= 11 is 11.7. The maximum absolute atomic E-state index is 10.7. The van der Waals surface area contributed by atoms with Crippen LogP contribution in [-0.2, 0) is 4.79 Å². The summed E-state index contributed by atoms with van der Waals surface area (Å²) in [5, 5.41) is 12.1. The second-order valence-corrected chi connectivity index (χ2v) is 3.60. The molecule has 0 saturated heterocycles. The first-order valence-corrected chi connectivity index (χ1v) is 5.01. The molecule has 1 aromatic carbocycles. The van der Waals surface area contributed by atoms with E-state index in [0.29, 0.717) is 22.3 Å². The highest BCUT2D eigenvalue weighted by atomic mass is 35.5. The van der Waals surface area contributed by atoms with Crippen LogP contribution in [0.5, 0.6) is 0 Å². The quantitative estimate of drug-likeness (QED) is 0.566. The first kappa shape index (κ1) is 12.1. The van der Waals surface area contributed by atoms with Crippen molar-refractivity contribution in [2.75, 3.05) is 11.9 Å². The fraction of sp³-hybridized carbons (Fsp3) is 0.222. The summed E-state index contributed by atoms with van der Waals surface area (Å²) in [6.07, 6.45) is 0.152. The minimum atomic E-state index is -0.458. The van der Waals surface area contributed by atoms with Crippen molar-refractivity contribution in [3.05, 3.63) is 28.2 Å². The predicted octanol–water partition coefficient (Wildman–Crippen LogP) is 2.30. The average molecular weight is 249 g/mol. The van der Waals surface area contributed by atoms with E-state index in [1.165, 1.54) is 5.48 Å². The molecule has 1 rings (SSSR count). The van der Waals surface area contributed by atoms with Crippen molar-refractivity contribution in [3.63, 3.8) is 0 Å². The summed E-state index contributed by atoms with van der Waals surface area (Å²) < 4.78 is 0. The van der Waals surface area contributed by atoms with Crippen molar-refractivity contribution in [1.82, 2.24) is 5.48 Å². The SMILES string of the molecule is O=C(CCNc1cccc(Cl)c1Cl)NO. The van der Waals surface area contributed by atoms with Gasteiger partial charge in [-0.15, -0.1) is 0 Å². The lowest BCUT2D eigenvalue weighted by molar-refractivity contribution is -0.128.